The second-order valence-electron chi connectivity index (χ2n) is 4.80. The molecule has 0 saturated carbocycles. The van der Waals surface area contributed by atoms with Gasteiger partial charge in [0.05, 0.1) is 5.02 Å². The summed E-state index contributed by atoms with van der Waals surface area (Å²) in [4.78, 5) is 0. The minimum atomic E-state index is -0.399. The molecule has 0 heterocycles. The highest BCUT2D eigenvalue weighted by Gasteiger charge is 2.11. The van der Waals surface area contributed by atoms with Gasteiger partial charge in [-0.25, -0.2) is 8.78 Å². The molecule has 1 unspecified atom stereocenters. The molecule has 1 atom stereocenters. The highest BCUT2D eigenvalue weighted by molar-refractivity contribution is 9.09. The summed E-state index contributed by atoms with van der Waals surface area (Å²) < 4.78 is 26.0. The first-order chi connectivity index (χ1) is 9.58. The molecular weight excluding hydrogens is 346 g/mol. The lowest BCUT2D eigenvalue weighted by Gasteiger charge is -2.14. The lowest BCUT2D eigenvalue weighted by Crippen LogP contribution is -2.10. The van der Waals surface area contributed by atoms with Crippen molar-refractivity contribution >= 4 is 27.5 Å². The van der Waals surface area contributed by atoms with Gasteiger partial charge in [-0.15, -0.1) is 0 Å². The number of alkyl halides is 1. The molecule has 106 valence electrons. The third-order valence-electron chi connectivity index (χ3n) is 3.16. The van der Waals surface area contributed by atoms with E-state index in [9.17, 15) is 8.78 Å². The van der Waals surface area contributed by atoms with E-state index in [0.29, 0.717) is 5.92 Å². The van der Waals surface area contributed by atoms with Crippen LogP contribution in [0.5, 0.6) is 0 Å². The predicted octanol–water partition coefficient (Wildman–Crippen LogP) is 5.41. The van der Waals surface area contributed by atoms with E-state index in [1.54, 1.807) is 24.3 Å². The summed E-state index contributed by atoms with van der Waals surface area (Å²) in [5.41, 5.74) is 2.09. The van der Waals surface area contributed by atoms with Crippen LogP contribution in [-0.4, -0.2) is 5.33 Å². The molecule has 0 aliphatic carbocycles. The fourth-order valence-electron chi connectivity index (χ4n) is 2.14. The maximum atomic E-state index is 13.1. The minimum absolute atomic E-state index is 0.151. The minimum Gasteiger partial charge on any atom is -0.207 e. The first-order valence-electron chi connectivity index (χ1n) is 6.33. The molecule has 0 aliphatic rings. The molecule has 20 heavy (non-hydrogen) atoms. The maximum absolute atomic E-state index is 13.1. The van der Waals surface area contributed by atoms with Crippen molar-refractivity contribution < 1.29 is 8.78 Å². The molecule has 0 radical (unpaired) electrons. The average molecular weight is 360 g/mol. The Morgan fingerprint density at radius 1 is 0.950 bits per heavy atom. The number of benzene rings is 2. The lowest BCUT2D eigenvalue weighted by atomic mass is 9.94. The third kappa shape index (κ3) is 4.29. The van der Waals surface area contributed by atoms with Gasteiger partial charge in [0.15, 0.2) is 0 Å². The van der Waals surface area contributed by atoms with E-state index in [1.807, 2.05) is 0 Å². The number of hydrogen-bond donors (Lipinski definition) is 0. The van der Waals surface area contributed by atoms with Crippen LogP contribution in [-0.2, 0) is 12.8 Å². The topological polar surface area (TPSA) is 0 Å². The highest BCUT2D eigenvalue weighted by atomic mass is 79.9. The first-order valence-corrected chi connectivity index (χ1v) is 7.82. The van der Waals surface area contributed by atoms with E-state index in [2.05, 4.69) is 15.9 Å². The smallest absolute Gasteiger partial charge is 0.141 e. The number of hydrogen-bond acceptors (Lipinski definition) is 0. The van der Waals surface area contributed by atoms with Crippen LogP contribution in [0.3, 0.4) is 0 Å². The van der Waals surface area contributed by atoms with Gasteiger partial charge in [0.1, 0.15) is 11.6 Å². The number of rotatable bonds is 5. The lowest BCUT2D eigenvalue weighted by molar-refractivity contribution is 0.585. The van der Waals surface area contributed by atoms with Crippen LogP contribution < -0.4 is 0 Å². The van der Waals surface area contributed by atoms with Gasteiger partial charge in [0, 0.05) is 5.33 Å². The predicted molar refractivity (Wildman–Crippen MR) is 82.5 cm³/mol. The van der Waals surface area contributed by atoms with E-state index < -0.39 is 5.82 Å². The van der Waals surface area contributed by atoms with Crippen molar-refractivity contribution in [3.05, 3.63) is 70.2 Å². The van der Waals surface area contributed by atoms with Crippen LogP contribution in [0, 0.1) is 17.6 Å². The van der Waals surface area contributed by atoms with Gasteiger partial charge in [-0.1, -0.05) is 45.7 Å². The van der Waals surface area contributed by atoms with E-state index in [4.69, 9.17) is 11.6 Å². The van der Waals surface area contributed by atoms with Crippen molar-refractivity contribution in [2.75, 3.05) is 5.33 Å². The van der Waals surface area contributed by atoms with Crippen LogP contribution in [0.2, 0.25) is 5.02 Å². The van der Waals surface area contributed by atoms with E-state index in [1.165, 1.54) is 18.2 Å². The fraction of sp³-hybridized carbons (Fsp3) is 0.250. The Morgan fingerprint density at radius 2 is 1.55 bits per heavy atom. The summed E-state index contributed by atoms with van der Waals surface area (Å²) in [6.07, 6.45) is 1.63. The molecule has 0 aromatic heterocycles. The zero-order chi connectivity index (χ0) is 14.5. The number of halogens is 4. The van der Waals surface area contributed by atoms with Gasteiger partial charge in [-0.3, -0.25) is 0 Å². The largest absolute Gasteiger partial charge is 0.207 e. The molecule has 0 nitrogen and oxygen atoms in total. The fourth-order valence-corrected chi connectivity index (χ4v) is 2.80. The first kappa shape index (κ1) is 15.5. The Morgan fingerprint density at radius 3 is 2.15 bits per heavy atom. The van der Waals surface area contributed by atoms with E-state index in [0.717, 1.165) is 29.3 Å². The molecule has 2 aromatic rings. The van der Waals surface area contributed by atoms with Gasteiger partial charge in [-0.2, -0.15) is 0 Å². The molecule has 0 fully saturated rings. The van der Waals surface area contributed by atoms with Crippen molar-refractivity contribution in [1.29, 1.82) is 0 Å². The molecule has 2 aromatic carbocycles. The molecule has 2 rings (SSSR count). The Balaban J connectivity index is 2.04. The average Bonchev–Trinajstić information content (AvgIpc) is 2.44. The van der Waals surface area contributed by atoms with Crippen molar-refractivity contribution in [2.45, 2.75) is 12.8 Å². The quantitative estimate of drug-likeness (QED) is 0.626. The zero-order valence-corrected chi connectivity index (χ0v) is 13.1. The summed E-state index contributed by atoms with van der Waals surface area (Å²) in [5, 5.41) is 0.969. The summed E-state index contributed by atoms with van der Waals surface area (Å²) in [5.74, 6) is -0.277. The van der Waals surface area contributed by atoms with Gasteiger partial charge in [-0.05, 0) is 54.2 Å². The van der Waals surface area contributed by atoms with E-state index >= 15 is 0 Å². The summed E-state index contributed by atoms with van der Waals surface area (Å²) in [6, 6.07) is 11.3. The summed E-state index contributed by atoms with van der Waals surface area (Å²) in [6.45, 7) is 0. The molecule has 0 aliphatic heterocycles. The Kier molecular flexibility index (Phi) is 5.55. The molecule has 0 amide bonds. The van der Waals surface area contributed by atoms with Crippen LogP contribution in [0.25, 0.3) is 0 Å². The Hall–Kier alpha value is -0.930. The van der Waals surface area contributed by atoms with Crippen LogP contribution in [0.1, 0.15) is 11.1 Å². The van der Waals surface area contributed by atoms with Crippen molar-refractivity contribution in [3.8, 4) is 0 Å². The monoisotopic (exact) mass is 358 g/mol. The maximum Gasteiger partial charge on any atom is 0.141 e. The highest BCUT2D eigenvalue weighted by Crippen LogP contribution is 2.21. The molecular formula is C16H14BrClF2. The molecule has 0 spiro atoms. The van der Waals surface area contributed by atoms with Crippen molar-refractivity contribution in [3.63, 3.8) is 0 Å². The second-order valence-corrected chi connectivity index (χ2v) is 5.86. The van der Waals surface area contributed by atoms with Gasteiger partial charge >= 0.3 is 0 Å². The molecule has 0 N–H and O–H groups in total. The molecule has 4 heteroatoms. The van der Waals surface area contributed by atoms with Crippen molar-refractivity contribution in [1.82, 2.24) is 0 Å². The summed E-state index contributed by atoms with van der Waals surface area (Å²) >= 11 is 9.29. The zero-order valence-electron chi connectivity index (χ0n) is 10.8. The summed E-state index contributed by atoms with van der Waals surface area (Å²) in [7, 11) is 0. The molecule has 0 bridgehead atoms. The Labute approximate surface area is 130 Å². The van der Waals surface area contributed by atoms with Crippen LogP contribution >= 0.6 is 27.5 Å². The SMILES string of the molecule is Fc1ccc(CC(CBr)Cc2ccc(F)c(Cl)c2)cc1. The second kappa shape index (κ2) is 7.19. The normalized spacial score (nSPS) is 12.4. The Bertz CT molecular complexity index is 569. The van der Waals surface area contributed by atoms with Gasteiger partial charge < -0.3 is 0 Å². The molecule has 0 saturated heterocycles. The van der Waals surface area contributed by atoms with Gasteiger partial charge in [0.25, 0.3) is 0 Å². The van der Waals surface area contributed by atoms with Crippen LogP contribution in [0.15, 0.2) is 42.5 Å². The van der Waals surface area contributed by atoms with Crippen LogP contribution in [0.4, 0.5) is 8.78 Å². The standard InChI is InChI=1S/C16H14BrClF2/c17-10-13(7-11-1-4-14(19)5-2-11)8-12-3-6-16(20)15(18)9-12/h1-6,9,13H,7-8,10H2. The van der Waals surface area contributed by atoms with Crippen molar-refractivity contribution in [2.24, 2.45) is 5.92 Å². The third-order valence-corrected chi connectivity index (χ3v) is 4.37. The van der Waals surface area contributed by atoms with E-state index in [-0.39, 0.29) is 10.8 Å². The van der Waals surface area contributed by atoms with Gasteiger partial charge in [0.2, 0.25) is 0 Å².